The van der Waals surface area contributed by atoms with E-state index in [1.54, 1.807) is 0 Å². The van der Waals surface area contributed by atoms with Crippen molar-refractivity contribution in [2.45, 2.75) is 74.7 Å². The molecule has 5 nitrogen and oxygen atoms in total. The Hall–Kier alpha value is -4.64. The van der Waals surface area contributed by atoms with Gasteiger partial charge in [-0.25, -0.2) is 9.67 Å². The van der Waals surface area contributed by atoms with Gasteiger partial charge in [0, 0.05) is 46.3 Å². The molecule has 3 aromatic heterocycles. The van der Waals surface area contributed by atoms with Crippen molar-refractivity contribution >= 4 is 21.8 Å². The van der Waals surface area contributed by atoms with Crippen LogP contribution in [0.1, 0.15) is 75.5 Å². The van der Waals surface area contributed by atoms with E-state index in [1.807, 2.05) is 12.3 Å². The lowest BCUT2D eigenvalue weighted by atomic mass is 9.64. The van der Waals surface area contributed by atoms with E-state index < -0.39 is 0 Å². The zero-order chi connectivity index (χ0) is 33.1. The van der Waals surface area contributed by atoms with Crippen LogP contribution in [-0.4, -0.2) is 19.3 Å². The van der Waals surface area contributed by atoms with Gasteiger partial charge in [0.05, 0.1) is 22.4 Å². The lowest BCUT2D eigenvalue weighted by Crippen LogP contribution is -2.30. The molecular weight excluding hydrogens is 576 g/mol. The highest BCUT2D eigenvalue weighted by Gasteiger charge is 2.38. The zero-order valence-corrected chi connectivity index (χ0v) is 29.2. The summed E-state index contributed by atoms with van der Waals surface area (Å²) < 4.78 is 11.1. The summed E-state index contributed by atoms with van der Waals surface area (Å²) in [6.07, 6.45) is 2.78. The molecule has 0 saturated heterocycles. The second-order valence-corrected chi connectivity index (χ2v) is 13.9. The smallest absolute Gasteiger partial charge is 0.137 e. The number of hydrogen-bond acceptors (Lipinski definition) is 3. The van der Waals surface area contributed by atoms with Crippen molar-refractivity contribution in [1.29, 1.82) is 0 Å². The van der Waals surface area contributed by atoms with Crippen LogP contribution in [0.15, 0.2) is 90.1 Å². The first-order valence-corrected chi connectivity index (χ1v) is 17.1. The summed E-state index contributed by atoms with van der Waals surface area (Å²) in [7, 11) is 0. The molecule has 1 aliphatic carbocycles. The van der Waals surface area contributed by atoms with Gasteiger partial charge in [-0.1, -0.05) is 57.0 Å². The van der Waals surface area contributed by atoms with Gasteiger partial charge in [-0.15, -0.1) is 0 Å². The Bertz CT molecular complexity index is 2180. The van der Waals surface area contributed by atoms with Gasteiger partial charge in [-0.2, -0.15) is 5.10 Å². The molecular formula is C42H46N4O. The number of pyridine rings is 1. The summed E-state index contributed by atoms with van der Waals surface area (Å²) in [5, 5.41) is 7.54. The van der Waals surface area contributed by atoms with Crippen LogP contribution in [0.3, 0.4) is 0 Å². The van der Waals surface area contributed by atoms with Crippen LogP contribution < -0.4 is 4.74 Å². The van der Waals surface area contributed by atoms with Gasteiger partial charge in [0.15, 0.2) is 0 Å². The molecule has 3 heterocycles. The van der Waals surface area contributed by atoms with E-state index in [1.165, 1.54) is 44.3 Å². The summed E-state index contributed by atoms with van der Waals surface area (Å²) in [6.45, 7) is 20.6. The Labute approximate surface area is 278 Å². The van der Waals surface area contributed by atoms with Crippen molar-refractivity contribution < 1.29 is 4.74 Å². The average molecular weight is 623 g/mol. The minimum Gasteiger partial charge on any atom is -0.457 e. The Balaban J connectivity index is 1.30. The van der Waals surface area contributed by atoms with Gasteiger partial charge in [0.2, 0.25) is 0 Å². The molecule has 4 atom stereocenters. The summed E-state index contributed by atoms with van der Waals surface area (Å²) in [4.78, 5) is 4.75. The fraction of sp³-hybridized carbons (Fsp3) is 0.333. The first-order chi connectivity index (χ1) is 22.6. The largest absolute Gasteiger partial charge is 0.457 e. The minimum atomic E-state index is 0.376. The average Bonchev–Trinajstić information content (AvgIpc) is 3.55. The van der Waals surface area contributed by atoms with E-state index in [-0.39, 0.29) is 0 Å². The molecule has 0 saturated carbocycles. The first kappa shape index (κ1) is 31.0. The number of rotatable bonds is 6. The lowest BCUT2D eigenvalue weighted by molar-refractivity contribution is 0.256. The standard InChI is InChI=1S/C42H46N4O/c1-10-32-20-33(46-31(9)42(30(8)44-46)41-28(6)26(4)25(3)27(5)29(41)7)22-35(21-32)47-34-15-16-37-36-13-11-12-14-38(36)45(39(37)23-34)40-19-24(2)17-18-43-40/h11-23,25-26,28,41H,10H2,1-9H3/t25-,26+,28+,41?/m1/s1. The number of nitrogens with zero attached hydrogens (tertiary/aromatic N) is 4. The highest BCUT2D eigenvalue weighted by Crippen LogP contribution is 2.48. The molecule has 5 heteroatoms. The normalized spacial score (nSPS) is 20.0. The Morgan fingerprint density at radius 3 is 2.28 bits per heavy atom. The van der Waals surface area contributed by atoms with Crippen molar-refractivity contribution in [3.05, 3.63) is 118 Å². The molecule has 3 aromatic carbocycles. The quantitative estimate of drug-likeness (QED) is 0.174. The Kier molecular flexibility index (Phi) is 7.82. The van der Waals surface area contributed by atoms with E-state index in [0.29, 0.717) is 23.7 Å². The molecule has 0 aliphatic heterocycles. The maximum absolute atomic E-state index is 6.69. The predicted octanol–water partition coefficient (Wildman–Crippen LogP) is 11.0. The summed E-state index contributed by atoms with van der Waals surface area (Å²) in [5.41, 5.74) is 12.4. The van der Waals surface area contributed by atoms with Crippen molar-refractivity contribution in [2.75, 3.05) is 0 Å². The van der Waals surface area contributed by atoms with Crippen LogP contribution in [0.4, 0.5) is 0 Å². The molecule has 0 amide bonds. The number of aryl methyl sites for hydroxylation is 3. The number of ether oxygens (including phenoxy) is 1. The lowest BCUT2D eigenvalue weighted by Gasteiger charge is -2.40. The van der Waals surface area contributed by atoms with E-state index >= 15 is 0 Å². The summed E-state index contributed by atoms with van der Waals surface area (Å²) in [6, 6.07) is 25.6. The van der Waals surface area contributed by atoms with E-state index in [9.17, 15) is 0 Å². The predicted molar refractivity (Wildman–Crippen MR) is 194 cm³/mol. The third-order valence-electron chi connectivity index (χ3n) is 11.2. The maximum Gasteiger partial charge on any atom is 0.137 e. The highest BCUT2D eigenvalue weighted by atomic mass is 16.5. The van der Waals surface area contributed by atoms with Crippen molar-refractivity contribution in [3.8, 4) is 23.0 Å². The molecule has 6 aromatic rings. The Morgan fingerprint density at radius 1 is 0.745 bits per heavy atom. The summed E-state index contributed by atoms with van der Waals surface area (Å²) in [5.74, 6) is 4.65. The number of hydrogen-bond donors (Lipinski definition) is 0. The van der Waals surface area contributed by atoms with E-state index in [0.717, 1.165) is 46.2 Å². The van der Waals surface area contributed by atoms with Crippen LogP contribution in [-0.2, 0) is 6.42 Å². The number of fused-ring (bicyclic) bond motifs is 3. The fourth-order valence-electron chi connectivity index (χ4n) is 8.06. The molecule has 7 rings (SSSR count). The van der Waals surface area contributed by atoms with Crippen LogP contribution in [0, 0.1) is 38.5 Å². The van der Waals surface area contributed by atoms with Gasteiger partial charge < -0.3 is 4.74 Å². The fourth-order valence-corrected chi connectivity index (χ4v) is 8.06. The van der Waals surface area contributed by atoms with Gasteiger partial charge in [0.1, 0.15) is 17.3 Å². The van der Waals surface area contributed by atoms with E-state index in [4.69, 9.17) is 14.8 Å². The van der Waals surface area contributed by atoms with Gasteiger partial charge in [0.25, 0.3) is 0 Å². The molecule has 0 bridgehead atoms. The molecule has 47 heavy (non-hydrogen) atoms. The van der Waals surface area contributed by atoms with Crippen LogP contribution in [0.25, 0.3) is 33.3 Å². The van der Waals surface area contributed by atoms with Gasteiger partial charge in [-0.05, 0) is 112 Å². The second-order valence-electron chi connectivity index (χ2n) is 13.9. The number of allylic oxidation sites excluding steroid dienone is 2. The molecule has 0 N–H and O–H groups in total. The van der Waals surface area contributed by atoms with Crippen molar-refractivity contribution in [1.82, 2.24) is 19.3 Å². The zero-order valence-electron chi connectivity index (χ0n) is 29.2. The highest BCUT2D eigenvalue weighted by molar-refractivity contribution is 6.09. The first-order valence-electron chi connectivity index (χ1n) is 17.1. The third kappa shape index (κ3) is 5.17. The molecule has 0 fully saturated rings. The maximum atomic E-state index is 6.69. The number of benzene rings is 3. The monoisotopic (exact) mass is 622 g/mol. The summed E-state index contributed by atoms with van der Waals surface area (Å²) >= 11 is 0. The van der Waals surface area contributed by atoms with Gasteiger partial charge >= 0.3 is 0 Å². The minimum absolute atomic E-state index is 0.376. The number of para-hydroxylation sites is 1. The molecule has 0 radical (unpaired) electrons. The van der Waals surface area contributed by atoms with Gasteiger partial charge in [-0.3, -0.25) is 4.57 Å². The van der Waals surface area contributed by atoms with Crippen LogP contribution >= 0.6 is 0 Å². The molecule has 240 valence electrons. The van der Waals surface area contributed by atoms with Crippen LogP contribution in [0.2, 0.25) is 0 Å². The topological polar surface area (TPSA) is 44.9 Å². The van der Waals surface area contributed by atoms with Crippen LogP contribution in [0.5, 0.6) is 11.5 Å². The number of aromatic nitrogens is 4. The third-order valence-corrected chi connectivity index (χ3v) is 11.2. The molecule has 1 aliphatic rings. The SMILES string of the molecule is CCc1cc(Oc2ccc3c4ccccc4n(-c4cc(C)ccn4)c3c2)cc(-n2nc(C)c(C3C(C)=C(C)[C@H](C)[C@H](C)[C@@H]3C)c2C)c1. The second kappa shape index (κ2) is 11.9. The van der Waals surface area contributed by atoms with E-state index in [2.05, 4.69) is 138 Å². The van der Waals surface area contributed by atoms with Crippen molar-refractivity contribution in [3.63, 3.8) is 0 Å². The molecule has 0 spiro atoms. The molecule has 1 unspecified atom stereocenters. The van der Waals surface area contributed by atoms with Crippen molar-refractivity contribution in [2.24, 2.45) is 17.8 Å². The Morgan fingerprint density at radius 2 is 1.51 bits per heavy atom.